The Morgan fingerprint density at radius 2 is 2.10 bits per heavy atom. The second kappa shape index (κ2) is 5.80. The average Bonchev–Trinajstić information content (AvgIpc) is 2.97. The Bertz CT molecular complexity index is 550. The van der Waals surface area contributed by atoms with Gasteiger partial charge in [-0.2, -0.15) is 0 Å². The van der Waals surface area contributed by atoms with Crippen LogP contribution >= 0.6 is 0 Å². The van der Waals surface area contributed by atoms with Gasteiger partial charge in [0, 0.05) is 6.04 Å². The minimum Gasteiger partial charge on any atom is -0.327 e. The van der Waals surface area contributed by atoms with E-state index in [1.165, 1.54) is 29.7 Å². The molecule has 20 heavy (non-hydrogen) atoms. The van der Waals surface area contributed by atoms with Crippen LogP contribution in [0.1, 0.15) is 31.4 Å². The molecule has 1 aromatic heterocycles. The van der Waals surface area contributed by atoms with Crippen molar-refractivity contribution in [3.63, 3.8) is 0 Å². The van der Waals surface area contributed by atoms with Crippen LogP contribution in [0, 0.1) is 12.8 Å². The van der Waals surface area contributed by atoms with Crippen LogP contribution in [0.4, 0.5) is 0 Å². The second-order valence-corrected chi connectivity index (χ2v) is 5.90. The smallest absolute Gasteiger partial charge is 0.0953 e. The number of nitrogens with one attached hydrogen (secondary N) is 1. The first kappa shape index (κ1) is 13.4. The summed E-state index contributed by atoms with van der Waals surface area (Å²) in [5.74, 6) is 0.696. The van der Waals surface area contributed by atoms with Crippen molar-refractivity contribution >= 4 is 0 Å². The Morgan fingerprint density at radius 1 is 1.30 bits per heavy atom. The number of hydrogen-bond acceptors (Lipinski definition) is 2. The van der Waals surface area contributed by atoms with Crippen molar-refractivity contribution in [3.8, 4) is 11.3 Å². The molecule has 1 aliphatic heterocycles. The largest absolute Gasteiger partial charge is 0.327 e. The standard InChI is InChI=1S/C17H23N3/c1-13-5-7-15(8-6-13)17-11-19-12-20(17)14(2)16-4-3-9-18-10-16/h5-8,11-12,14,16,18H,3-4,9-10H2,1-2H3. The molecule has 1 aromatic carbocycles. The van der Waals surface area contributed by atoms with Gasteiger partial charge in [-0.25, -0.2) is 4.98 Å². The molecule has 3 rings (SSSR count). The third-order valence-electron chi connectivity index (χ3n) is 4.47. The molecule has 3 nitrogen and oxygen atoms in total. The van der Waals surface area contributed by atoms with Crippen LogP contribution in [-0.4, -0.2) is 22.6 Å². The highest BCUT2D eigenvalue weighted by atomic mass is 15.1. The molecule has 0 saturated carbocycles. The summed E-state index contributed by atoms with van der Waals surface area (Å²) in [5, 5.41) is 3.51. The van der Waals surface area contributed by atoms with Crippen molar-refractivity contribution in [1.82, 2.24) is 14.9 Å². The number of hydrogen-bond donors (Lipinski definition) is 1. The predicted molar refractivity (Wildman–Crippen MR) is 82.7 cm³/mol. The number of aromatic nitrogens is 2. The third-order valence-corrected chi connectivity index (χ3v) is 4.47. The van der Waals surface area contributed by atoms with E-state index < -0.39 is 0 Å². The molecule has 1 N–H and O–H groups in total. The SMILES string of the molecule is Cc1ccc(-c2cncn2C(C)C2CCCNC2)cc1. The van der Waals surface area contributed by atoms with E-state index in [0.29, 0.717) is 12.0 Å². The van der Waals surface area contributed by atoms with Gasteiger partial charge in [0.25, 0.3) is 0 Å². The molecular formula is C17H23N3. The lowest BCUT2D eigenvalue weighted by molar-refractivity contribution is 0.281. The fraction of sp³-hybridized carbons (Fsp3) is 0.471. The van der Waals surface area contributed by atoms with Gasteiger partial charge < -0.3 is 9.88 Å². The molecule has 0 amide bonds. The summed E-state index contributed by atoms with van der Waals surface area (Å²) in [7, 11) is 0. The molecule has 0 spiro atoms. The zero-order valence-electron chi connectivity index (χ0n) is 12.3. The summed E-state index contributed by atoms with van der Waals surface area (Å²) in [4.78, 5) is 4.38. The molecule has 0 aliphatic carbocycles. The van der Waals surface area contributed by atoms with Crippen LogP contribution in [0.3, 0.4) is 0 Å². The lowest BCUT2D eigenvalue weighted by Gasteiger charge is -2.30. The Kier molecular flexibility index (Phi) is 3.88. The third kappa shape index (κ3) is 2.63. The fourth-order valence-electron chi connectivity index (χ4n) is 3.09. The molecule has 2 unspecified atom stereocenters. The fourth-order valence-corrected chi connectivity index (χ4v) is 3.09. The molecular weight excluding hydrogens is 246 g/mol. The number of rotatable bonds is 3. The van der Waals surface area contributed by atoms with Gasteiger partial charge in [-0.1, -0.05) is 29.8 Å². The van der Waals surface area contributed by atoms with Crippen LogP contribution in [0.5, 0.6) is 0 Å². The summed E-state index contributed by atoms with van der Waals surface area (Å²) < 4.78 is 2.34. The maximum Gasteiger partial charge on any atom is 0.0953 e. The lowest BCUT2D eigenvalue weighted by atomic mass is 9.92. The molecule has 0 radical (unpaired) electrons. The average molecular weight is 269 g/mol. The second-order valence-electron chi connectivity index (χ2n) is 5.90. The minimum atomic E-state index is 0.488. The van der Waals surface area contributed by atoms with E-state index in [-0.39, 0.29) is 0 Å². The van der Waals surface area contributed by atoms with Gasteiger partial charge in [0.15, 0.2) is 0 Å². The molecule has 106 valence electrons. The van der Waals surface area contributed by atoms with Crippen LogP contribution in [0.15, 0.2) is 36.8 Å². The lowest BCUT2D eigenvalue weighted by Crippen LogP contribution is -2.34. The van der Waals surface area contributed by atoms with Crippen molar-refractivity contribution < 1.29 is 0 Å². The predicted octanol–water partition coefficient (Wildman–Crippen LogP) is 3.42. The Labute approximate surface area is 121 Å². The van der Waals surface area contributed by atoms with Gasteiger partial charge in [0.2, 0.25) is 0 Å². The molecule has 2 heterocycles. The summed E-state index contributed by atoms with van der Waals surface area (Å²) in [6, 6.07) is 9.20. The van der Waals surface area contributed by atoms with Gasteiger partial charge in [0.1, 0.15) is 0 Å². The van der Waals surface area contributed by atoms with E-state index in [1.54, 1.807) is 0 Å². The maximum atomic E-state index is 4.38. The monoisotopic (exact) mass is 269 g/mol. The van der Waals surface area contributed by atoms with Crippen LogP contribution in [0.2, 0.25) is 0 Å². The van der Waals surface area contributed by atoms with Crippen molar-refractivity contribution in [2.45, 2.75) is 32.7 Å². The maximum absolute atomic E-state index is 4.38. The molecule has 1 fully saturated rings. The quantitative estimate of drug-likeness (QED) is 0.925. The van der Waals surface area contributed by atoms with Crippen LogP contribution in [0.25, 0.3) is 11.3 Å². The van der Waals surface area contributed by atoms with Crippen molar-refractivity contribution in [1.29, 1.82) is 0 Å². The minimum absolute atomic E-state index is 0.488. The van der Waals surface area contributed by atoms with Crippen molar-refractivity contribution in [3.05, 3.63) is 42.4 Å². The van der Waals surface area contributed by atoms with Gasteiger partial charge in [-0.05, 0) is 51.3 Å². The van der Waals surface area contributed by atoms with E-state index >= 15 is 0 Å². The van der Waals surface area contributed by atoms with E-state index in [0.717, 1.165) is 13.1 Å². The van der Waals surface area contributed by atoms with Crippen LogP contribution < -0.4 is 5.32 Å². The summed E-state index contributed by atoms with van der Waals surface area (Å²) in [6.07, 6.45) is 6.55. The van der Waals surface area contributed by atoms with Gasteiger partial charge in [-0.3, -0.25) is 0 Å². The van der Waals surface area contributed by atoms with Crippen LogP contribution in [-0.2, 0) is 0 Å². The van der Waals surface area contributed by atoms with E-state index in [1.807, 2.05) is 12.5 Å². The summed E-state index contributed by atoms with van der Waals surface area (Å²) >= 11 is 0. The highest BCUT2D eigenvalue weighted by Crippen LogP contribution is 2.29. The highest BCUT2D eigenvalue weighted by Gasteiger charge is 2.22. The molecule has 2 aromatic rings. The number of benzene rings is 1. The molecule has 3 heteroatoms. The Balaban J connectivity index is 1.87. The highest BCUT2D eigenvalue weighted by molar-refractivity contribution is 5.59. The van der Waals surface area contributed by atoms with E-state index in [4.69, 9.17) is 0 Å². The topological polar surface area (TPSA) is 29.9 Å². The number of nitrogens with zero attached hydrogens (tertiary/aromatic N) is 2. The van der Waals surface area contributed by atoms with E-state index in [2.05, 4.69) is 53.0 Å². The normalized spacial score (nSPS) is 20.8. The zero-order chi connectivity index (χ0) is 13.9. The summed E-state index contributed by atoms with van der Waals surface area (Å²) in [6.45, 7) is 6.72. The van der Waals surface area contributed by atoms with Gasteiger partial charge in [0.05, 0.1) is 18.2 Å². The first-order valence-corrected chi connectivity index (χ1v) is 7.55. The number of aryl methyl sites for hydroxylation is 1. The Hall–Kier alpha value is -1.61. The number of piperidine rings is 1. The molecule has 0 bridgehead atoms. The van der Waals surface area contributed by atoms with E-state index in [9.17, 15) is 0 Å². The first-order chi connectivity index (χ1) is 9.75. The molecule has 1 saturated heterocycles. The van der Waals surface area contributed by atoms with Crippen molar-refractivity contribution in [2.75, 3.05) is 13.1 Å². The Morgan fingerprint density at radius 3 is 2.80 bits per heavy atom. The molecule has 2 atom stereocenters. The summed E-state index contributed by atoms with van der Waals surface area (Å²) in [5.41, 5.74) is 3.77. The van der Waals surface area contributed by atoms with Gasteiger partial charge in [-0.15, -0.1) is 0 Å². The number of imidazole rings is 1. The van der Waals surface area contributed by atoms with Crippen molar-refractivity contribution in [2.24, 2.45) is 5.92 Å². The molecule has 1 aliphatic rings. The first-order valence-electron chi connectivity index (χ1n) is 7.55. The van der Waals surface area contributed by atoms with Gasteiger partial charge >= 0.3 is 0 Å². The zero-order valence-corrected chi connectivity index (χ0v) is 12.3.